The Labute approximate surface area is 168 Å². The van der Waals surface area contributed by atoms with Gasteiger partial charge in [-0.25, -0.2) is 4.98 Å². The third-order valence-electron chi connectivity index (χ3n) is 4.70. The van der Waals surface area contributed by atoms with Crippen LogP contribution in [-0.2, 0) is 30.8 Å². The van der Waals surface area contributed by atoms with E-state index in [9.17, 15) is 4.79 Å². The summed E-state index contributed by atoms with van der Waals surface area (Å²) >= 11 is 1.55. The topological polar surface area (TPSA) is 63.2 Å². The molecule has 0 spiro atoms. The molecule has 2 aromatic carbocycles. The summed E-state index contributed by atoms with van der Waals surface area (Å²) in [6, 6.07) is 14.3. The first-order chi connectivity index (χ1) is 13.7. The number of nitrogens with zero attached hydrogens (tertiary/aromatic N) is 1. The van der Waals surface area contributed by atoms with E-state index in [2.05, 4.69) is 33.8 Å². The van der Waals surface area contributed by atoms with Gasteiger partial charge in [-0.15, -0.1) is 11.3 Å². The Hall–Kier alpha value is -2.70. The maximum atomic E-state index is 12.3. The molecule has 1 amide bonds. The minimum Gasteiger partial charge on any atom is -0.494 e. The summed E-state index contributed by atoms with van der Waals surface area (Å²) in [5.74, 6) is 0.840. The number of hydrogen-bond acceptors (Lipinski definition) is 5. The molecule has 1 aromatic heterocycles. The molecule has 0 saturated carbocycles. The highest BCUT2D eigenvalue weighted by atomic mass is 32.1. The summed E-state index contributed by atoms with van der Waals surface area (Å²) in [4.78, 5) is 16.9. The van der Waals surface area contributed by atoms with Crippen molar-refractivity contribution in [3.63, 3.8) is 0 Å². The molecule has 4 rings (SSSR count). The fourth-order valence-corrected chi connectivity index (χ4v) is 4.09. The van der Waals surface area contributed by atoms with Crippen molar-refractivity contribution in [3.05, 3.63) is 70.2 Å². The van der Waals surface area contributed by atoms with E-state index in [4.69, 9.17) is 4.74 Å². The third-order valence-corrected chi connectivity index (χ3v) is 5.64. The molecule has 0 saturated heterocycles. The van der Waals surface area contributed by atoms with Crippen LogP contribution in [0, 0.1) is 0 Å². The molecule has 144 valence electrons. The van der Waals surface area contributed by atoms with Gasteiger partial charge in [-0.2, -0.15) is 0 Å². The van der Waals surface area contributed by atoms with Crippen LogP contribution in [0.4, 0.5) is 0 Å². The number of thiazole rings is 1. The fourth-order valence-electron chi connectivity index (χ4n) is 3.27. The van der Waals surface area contributed by atoms with Gasteiger partial charge in [0.15, 0.2) is 0 Å². The maximum Gasteiger partial charge on any atom is 0.226 e. The van der Waals surface area contributed by atoms with Crippen molar-refractivity contribution < 1.29 is 9.53 Å². The average Bonchev–Trinajstić information content (AvgIpc) is 3.36. The first-order valence-electron chi connectivity index (χ1n) is 9.47. The Morgan fingerprint density at radius 1 is 1.18 bits per heavy atom. The van der Waals surface area contributed by atoms with Gasteiger partial charge in [0.1, 0.15) is 10.8 Å². The molecule has 0 fully saturated rings. The van der Waals surface area contributed by atoms with E-state index in [-0.39, 0.29) is 5.91 Å². The normalized spacial score (nSPS) is 12.6. The average molecular weight is 394 g/mol. The lowest BCUT2D eigenvalue weighted by Gasteiger charge is -2.06. The number of nitrogens with one attached hydrogen (secondary N) is 2. The van der Waals surface area contributed by atoms with E-state index in [0.29, 0.717) is 19.6 Å². The number of rotatable bonds is 7. The number of carbonyl (C=O) groups excluding carboxylic acids is 1. The number of benzene rings is 2. The van der Waals surface area contributed by atoms with Crippen LogP contribution in [0.15, 0.2) is 47.8 Å². The SMILES string of the molecule is CCOc1ccc(-c2nc(CC(=O)NCc3ccc4c(c3)CNC4)cs2)cc1. The van der Waals surface area contributed by atoms with E-state index >= 15 is 0 Å². The van der Waals surface area contributed by atoms with Crippen LogP contribution in [0.2, 0.25) is 0 Å². The molecule has 5 nitrogen and oxygen atoms in total. The van der Waals surface area contributed by atoms with Gasteiger partial charge in [0.05, 0.1) is 18.7 Å². The fraction of sp³-hybridized carbons (Fsp3) is 0.273. The second-order valence-corrected chi connectivity index (χ2v) is 7.62. The lowest BCUT2D eigenvalue weighted by Crippen LogP contribution is -2.24. The minimum atomic E-state index is -0.0119. The number of carbonyl (C=O) groups is 1. The Kier molecular flexibility index (Phi) is 5.69. The Morgan fingerprint density at radius 2 is 2.00 bits per heavy atom. The van der Waals surface area contributed by atoms with Crippen molar-refractivity contribution in [3.8, 4) is 16.3 Å². The molecule has 2 N–H and O–H groups in total. The zero-order chi connectivity index (χ0) is 19.3. The highest BCUT2D eigenvalue weighted by Crippen LogP contribution is 2.26. The van der Waals surface area contributed by atoms with Gasteiger partial charge in [0.25, 0.3) is 0 Å². The van der Waals surface area contributed by atoms with Gasteiger partial charge in [0.2, 0.25) is 5.91 Å². The van der Waals surface area contributed by atoms with Crippen molar-refractivity contribution >= 4 is 17.2 Å². The molecular weight excluding hydrogens is 370 g/mol. The summed E-state index contributed by atoms with van der Waals surface area (Å²) in [5.41, 5.74) is 5.63. The molecule has 1 aliphatic heterocycles. The number of hydrogen-bond donors (Lipinski definition) is 2. The molecule has 2 heterocycles. The zero-order valence-corrected chi connectivity index (χ0v) is 16.6. The second-order valence-electron chi connectivity index (χ2n) is 6.76. The summed E-state index contributed by atoms with van der Waals surface area (Å²) in [5, 5.41) is 9.20. The molecule has 0 unspecified atom stereocenters. The quantitative estimate of drug-likeness (QED) is 0.643. The van der Waals surface area contributed by atoms with Gasteiger partial charge >= 0.3 is 0 Å². The van der Waals surface area contributed by atoms with E-state index < -0.39 is 0 Å². The second kappa shape index (κ2) is 8.54. The molecule has 1 aliphatic rings. The lowest BCUT2D eigenvalue weighted by atomic mass is 10.1. The predicted octanol–water partition coefficient (Wildman–Crippen LogP) is 3.67. The molecule has 0 bridgehead atoms. The van der Waals surface area contributed by atoms with Crippen molar-refractivity contribution in [2.24, 2.45) is 0 Å². The van der Waals surface area contributed by atoms with Crippen LogP contribution < -0.4 is 15.4 Å². The van der Waals surface area contributed by atoms with Crippen LogP contribution in [0.3, 0.4) is 0 Å². The zero-order valence-electron chi connectivity index (χ0n) is 15.8. The van der Waals surface area contributed by atoms with Gasteiger partial charge in [-0.3, -0.25) is 4.79 Å². The Balaban J connectivity index is 1.32. The highest BCUT2D eigenvalue weighted by molar-refractivity contribution is 7.13. The van der Waals surface area contributed by atoms with Crippen LogP contribution in [0.25, 0.3) is 10.6 Å². The Morgan fingerprint density at radius 3 is 2.82 bits per heavy atom. The smallest absolute Gasteiger partial charge is 0.226 e. The van der Waals surface area contributed by atoms with E-state index in [1.165, 1.54) is 11.1 Å². The molecule has 6 heteroatoms. The number of ether oxygens (including phenoxy) is 1. The van der Waals surface area contributed by atoms with Gasteiger partial charge in [-0.1, -0.05) is 18.2 Å². The van der Waals surface area contributed by atoms with Crippen LogP contribution >= 0.6 is 11.3 Å². The molecular formula is C22H23N3O2S. The Bertz CT molecular complexity index is 966. The van der Waals surface area contributed by atoms with Gasteiger partial charge < -0.3 is 15.4 Å². The maximum absolute atomic E-state index is 12.3. The van der Waals surface area contributed by atoms with Crippen LogP contribution in [-0.4, -0.2) is 17.5 Å². The summed E-state index contributed by atoms with van der Waals surface area (Å²) in [6.45, 7) is 5.00. The summed E-state index contributed by atoms with van der Waals surface area (Å²) < 4.78 is 5.47. The largest absolute Gasteiger partial charge is 0.494 e. The lowest BCUT2D eigenvalue weighted by molar-refractivity contribution is -0.120. The molecule has 28 heavy (non-hydrogen) atoms. The van der Waals surface area contributed by atoms with Crippen LogP contribution in [0.1, 0.15) is 29.3 Å². The summed E-state index contributed by atoms with van der Waals surface area (Å²) in [6.07, 6.45) is 0.292. The third kappa shape index (κ3) is 4.40. The summed E-state index contributed by atoms with van der Waals surface area (Å²) in [7, 11) is 0. The highest BCUT2D eigenvalue weighted by Gasteiger charge is 2.12. The minimum absolute atomic E-state index is 0.0119. The molecule has 3 aromatic rings. The van der Waals surface area contributed by atoms with E-state index in [0.717, 1.165) is 40.7 Å². The number of amides is 1. The first-order valence-corrected chi connectivity index (χ1v) is 10.3. The van der Waals surface area contributed by atoms with Crippen molar-refractivity contribution in [1.29, 1.82) is 0 Å². The van der Waals surface area contributed by atoms with Crippen molar-refractivity contribution in [2.45, 2.75) is 33.0 Å². The predicted molar refractivity (Wildman–Crippen MR) is 111 cm³/mol. The number of aromatic nitrogens is 1. The van der Waals surface area contributed by atoms with E-state index in [1.807, 2.05) is 36.6 Å². The molecule has 0 atom stereocenters. The van der Waals surface area contributed by atoms with Crippen LogP contribution in [0.5, 0.6) is 5.75 Å². The number of fused-ring (bicyclic) bond motifs is 1. The van der Waals surface area contributed by atoms with Crippen molar-refractivity contribution in [1.82, 2.24) is 15.6 Å². The molecule has 0 aliphatic carbocycles. The van der Waals surface area contributed by atoms with Gasteiger partial charge in [0, 0.05) is 30.6 Å². The first kappa shape index (κ1) is 18.7. The van der Waals surface area contributed by atoms with E-state index in [1.54, 1.807) is 11.3 Å². The standard InChI is InChI=1S/C22H23N3O2S/c1-2-27-20-7-5-16(6-8-20)22-25-19(14-28-22)10-21(26)24-11-15-3-4-17-12-23-13-18(17)9-15/h3-9,14,23H,2,10-13H2,1H3,(H,24,26). The monoisotopic (exact) mass is 393 g/mol. The molecule has 0 radical (unpaired) electrons. The van der Waals surface area contributed by atoms with Crippen molar-refractivity contribution in [2.75, 3.05) is 6.61 Å². The van der Waals surface area contributed by atoms with Gasteiger partial charge in [-0.05, 0) is 47.9 Å².